The lowest BCUT2D eigenvalue weighted by molar-refractivity contribution is 0.977. The molecule has 0 saturated heterocycles. The van der Waals surface area contributed by atoms with Crippen LogP contribution in [0.15, 0.2) is 42.5 Å². The van der Waals surface area contributed by atoms with Gasteiger partial charge in [-0.3, -0.25) is 0 Å². The Morgan fingerprint density at radius 2 is 1.64 bits per heavy atom. The van der Waals surface area contributed by atoms with E-state index in [2.05, 4.69) is 42.5 Å². The van der Waals surface area contributed by atoms with Crippen LogP contribution in [0, 0.1) is 0 Å². The first-order chi connectivity index (χ1) is 6.42. The number of fused-ring (bicyclic) bond motifs is 1. The van der Waals surface area contributed by atoms with Gasteiger partial charge in [0.15, 0.2) is 0 Å². The molecular formula is C12H16N2. The van der Waals surface area contributed by atoms with Crippen LogP contribution in [0.1, 0.15) is 5.56 Å². The molecule has 0 atom stereocenters. The Morgan fingerprint density at radius 1 is 0.929 bits per heavy atom. The van der Waals surface area contributed by atoms with E-state index in [9.17, 15) is 0 Å². The Morgan fingerprint density at radius 3 is 2.43 bits per heavy atom. The second-order valence-corrected chi connectivity index (χ2v) is 3.18. The predicted molar refractivity (Wildman–Crippen MR) is 61.7 cm³/mol. The van der Waals surface area contributed by atoms with E-state index in [0.717, 1.165) is 6.42 Å². The maximum absolute atomic E-state index is 5.55. The molecule has 2 nitrogen and oxygen atoms in total. The first-order valence-corrected chi connectivity index (χ1v) is 4.58. The zero-order valence-corrected chi connectivity index (χ0v) is 8.24. The molecule has 0 aliphatic heterocycles. The summed E-state index contributed by atoms with van der Waals surface area (Å²) in [5, 5.41) is 2.63. The van der Waals surface area contributed by atoms with E-state index < -0.39 is 0 Å². The maximum atomic E-state index is 5.55. The highest BCUT2D eigenvalue weighted by Gasteiger charge is 1.97. The standard InChI is InChI=1S/C12H13N.H3N/c13-9-8-11-6-3-5-10-4-1-2-7-12(10)11;/h1-7H,8-9,13H2;1H3. The molecule has 0 amide bonds. The summed E-state index contributed by atoms with van der Waals surface area (Å²) in [6.45, 7) is 0.716. The van der Waals surface area contributed by atoms with Crippen molar-refractivity contribution in [1.82, 2.24) is 6.15 Å². The van der Waals surface area contributed by atoms with Crippen LogP contribution in [0.4, 0.5) is 0 Å². The van der Waals surface area contributed by atoms with Crippen molar-refractivity contribution in [2.75, 3.05) is 6.54 Å². The summed E-state index contributed by atoms with van der Waals surface area (Å²) in [4.78, 5) is 0. The van der Waals surface area contributed by atoms with Crippen molar-refractivity contribution in [2.45, 2.75) is 6.42 Å². The Balaban J connectivity index is 0.000000980. The van der Waals surface area contributed by atoms with Crippen molar-refractivity contribution in [1.29, 1.82) is 0 Å². The fourth-order valence-electron chi connectivity index (χ4n) is 1.67. The fraction of sp³-hybridized carbons (Fsp3) is 0.167. The van der Waals surface area contributed by atoms with Crippen LogP contribution >= 0.6 is 0 Å². The third-order valence-electron chi connectivity index (χ3n) is 2.29. The van der Waals surface area contributed by atoms with Gasteiger partial charge in [-0.25, -0.2) is 0 Å². The zero-order chi connectivity index (χ0) is 9.10. The van der Waals surface area contributed by atoms with Crippen molar-refractivity contribution in [3.63, 3.8) is 0 Å². The minimum Gasteiger partial charge on any atom is -0.344 e. The molecule has 0 radical (unpaired) electrons. The summed E-state index contributed by atoms with van der Waals surface area (Å²) in [5.74, 6) is 0. The number of benzene rings is 2. The van der Waals surface area contributed by atoms with Gasteiger partial charge >= 0.3 is 0 Å². The second-order valence-electron chi connectivity index (χ2n) is 3.18. The van der Waals surface area contributed by atoms with Gasteiger partial charge < -0.3 is 11.9 Å². The summed E-state index contributed by atoms with van der Waals surface area (Å²) in [5.41, 5.74) is 6.90. The molecule has 0 saturated carbocycles. The van der Waals surface area contributed by atoms with Gasteiger partial charge in [-0.15, -0.1) is 0 Å². The molecule has 2 rings (SSSR count). The van der Waals surface area contributed by atoms with E-state index in [1.165, 1.54) is 16.3 Å². The second kappa shape index (κ2) is 4.74. The summed E-state index contributed by atoms with van der Waals surface area (Å²) in [6, 6.07) is 14.8. The summed E-state index contributed by atoms with van der Waals surface area (Å²) in [7, 11) is 0. The Labute approximate surface area is 84.3 Å². The quantitative estimate of drug-likeness (QED) is 0.760. The molecule has 0 aromatic heterocycles. The van der Waals surface area contributed by atoms with Crippen LogP contribution in [0.3, 0.4) is 0 Å². The molecule has 74 valence electrons. The van der Waals surface area contributed by atoms with Crippen LogP contribution in [0.25, 0.3) is 10.8 Å². The molecule has 2 aromatic carbocycles. The smallest absolute Gasteiger partial charge is 0.00365 e. The normalized spacial score (nSPS) is 9.79. The molecule has 0 spiro atoms. The third kappa shape index (κ3) is 1.92. The lowest BCUT2D eigenvalue weighted by Gasteiger charge is -2.03. The van der Waals surface area contributed by atoms with E-state index in [1.54, 1.807) is 0 Å². The van der Waals surface area contributed by atoms with Gasteiger partial charge in [0, 0.05) is 0 Å². The molecule has 0 aliphatic carbocycles. The van der Waals surface area contributed by atoms with Crippen LogP contribution in [0.2, 0.25) is 0 Å². The molecule has 0 unspecified atom stereocenters. The molecular weight excluding hydrogens is 172 g/mol. The van der Waals surface area contributed by atoms with Gasteiger partial charge in [0.2, 0.25) is 0 Å². The highest BCUT2D eigenvalue weighted by molar-refractivity contribution is 5.85. The number of rotatable bonds is 2. The van der Waals surface area contributed by atoms with Crippen molar-refractivity contribution in [3.05, 3.63) is 48.0 Å². The predicted octanol–water partition coefficient (Wildman–Crippen LogP) is 2.50. The molecule has 2 heteroatoms. The zero-order valence-electron chi connectivity index (χ0n) is 8.24. The molecule has 2 aromatic rings. The van der Waals surface area contributed by atoms with Crippen molar-refractivity contribution in [2.24, 2.45) is 5.73 Å². The van der Waals surface area contributed by atoms with Gasteiger partial charge in [-0.2, -0.15) is 0 Å². The average Bonchev–Trinajstić information content (AvgIpc) is 2.19. The Bertz CT molecular complexity index is 404. The van der Waals surface area contributed by atoms with Gasteiger partial charge in [0.1, 0.15) is 0 Å². The van der Waals surface area contributed by atoms with Gasteiger partial charge in [0.05, 0.1) is 0 Å². The number of hydrogen-bond acceptors (Lipinski definition) is 2. The van der Waals surface area contributed by atoms with Gasteiger partial charge in [-0.05, 0) is 29.3 Å². The SMILES string of the molecule is N.NCCc1cccc2ccccc12. The van der Waals surface area contributed by atoms with E-state index in [-0.39, 0.29) is 6.15 Å². The lowest BCUT2D eigenvalue weighted by atomic mass is 10.0. The van der Waals surface area contributed by atoms with Crippen LogP contribution in [-0.2, 0) is 6.42 Å². The Hall–Kier alpha value is -1.38. The monoisotopic (exact) mass is 188 g/mol. The number of nitrogens with two attached hydrogens (primary N) is 1. The molecule has 5 N–H and O–H groups in total. The van der Waals surface area contributed by atoms with Crippen LogP contribution in [0.5, 0.6) is 0 Å². The van der Waals surface area contributed by atoms with E-state index >= 15 is 0 Å². The first kappa shape index (κ1) is 10.7. The summed E-state index contributed by atoms with van der Waals surface area (Å²) >= 11 is 0. The summed E-state index contributed by atoms with van der Waals surface area (Å²) < 4.78 is 0. The minimum absolute atomic E-state index is 0. The highest BCUT2D eigenvalue weighted by atomic mass is 14.5. The third-order valence-corrected chi connectivity index (χ3v) is 2.29. The Kier molecular flexibility index (Phi) is 3.63. The first-order valence-electron chi connectivity index (χ1n) is 4.58. The molecule has 0 fully saturated rings. The largest absolute Gasteiger partial charge is 0.344 e. The average molecular weight is 188 g/mol. The molecule has 14 heavy (non-hydrogen) atoms. The summed E-state index contributed by atoms with van der Waals surface area (Å²) in [6.07, 6.45) is 0.960. The van der Waals surface area contributed by atoms with E-state index in [4.69, 9.17) is 5.73 Å². The van der Waals surface area contributed by atoms with Gasteiger partial charge in [0.25, 0.3) is 0 Å². The number of hydrogen-bond donors (Lipinski definition) is 2. The fourth-order valence-corrected chi connectivity index (χ4v) is 1.67. The van der Waals surface area contributed by atoms with Gasteiger partial charge in [-0.1, -0.05) is 42.5 Å². The van der Waals surface area contributed by atoms with Crippen LogP contribution < -0.4 is 11.9 Å². The van der Waals surface area contributed by atoms with Crippen molar-refractivity contribution < 1.29 is 0 Å². The van der Waals surface area contributed by atoms with E-state index in [1.807, 2.05) is 0 Å². The molecule has 0 heterocycles. The minimum atomic E-state index is 0. The highest BCUT2D eigenvalue weighted by Crippen LogP contribution is 2.18. The van der Waals surface area contributed by atoms with Crippen molar-refractivity contribution in [3.8, 4) is 0 Å². The molecule has 0 aliphatic rings. The molecule has 0 bridgehead atoms. The topological polar surface area (TPSA) is 61.0 Å². The van der Waals surface area contributed by atoms with Crippen molar-refractivity contribution >= 4 is 10.8 Å². The lowest BCUT2D eigenvalue weighted by Crippen LogP contribution is -2.02. The van der Waals surface area contributed by atoms with Crippen LogP contribution in [-0.4, -0.2) is 6.54 Å². The van der Waals surface area contributed by atoms with E-state index in [0.29, 0.717) is 6.54 Å². The maximum Gasteiger partial charge on any atom is -0.00365 e.